The number of aliphatic hydroxyl groups excluding tert-OH is 1. The molecule has 3 aliphatic rings. The Kier molecular flexibility index (Phi) is 10.1. The van der Waals surface area contributed by atoms with Crippen LogP contribution in [0.1, 0.15) is 65.2 Å². The molecule has 1 spiro atoms. The first-order chi connectivity index (χ1) is 21.8. The summed E-state index contributed by atoms with van der Waals surface area (Å²) in [4.78, 5) is 49.2. The van der Waals surface area contributed by atoms with Crippen molar-refractivity contribution in [3.63, 3.8) is 0 Å². The summed E-state index contributed by atoms with van der Waals surface area (Å²) in [7, 11) is 0. The number of rotatable bonds is 16. The van der Waals surface area contributed by atoms with Crippen LogP contribution in [0, 0.1) is 11.8 Å². The molecule has 3 aliphatic heterocycles. The first kappa shape index (κ1) is 32.9. The first-order valence-corrected chi connectivity index (χ1v) is 16.7. The second kappa shape index (κ2) is 13.9. The van der Waals surface area contributed by atoms with Gasteiger partial charge in [-0.25, -0.2) is 0 Å². The quantitative estimate of drug-likeness (QED) is 0.199. The number of amides is 3. The predicted octanol–water partition coefficient (Wildman–Crippen LogP) is 5.49. The molecule has 0 saturated carbocycles. The highest BCUT2D eigenvalue weighted by atomic mass is 16.5. The SMILES string of the molecule is C=CCN(CCC)C(=O)[C@@H]1[C@H]2C(=O)N(CCCCCCO)C(C(=O)N(CC=C)c3ccc4ccccc4c3)C23CC[C@@]1(CC)O3. The van der Waals surface area contributed by atoms with Crippen molar-refractivity contribution in [3.8, 4) is 0 Å². The zero-order valence-corrected chi connectivity index (χ0v) is 27.0. The van der Waals surface area contributed by atoms with Crippen molar-refractivity contribution in [1.82, 2.24) is 9.80 Å². The molecule has 0 aliphatic carbocycles. The maximum absolute atomic E-state index is 15.0. The molecule has 2 bridgehead atoms. The third-order valence-electron chi connectivity index (χ3n) is 10.3. The Balaban J connectivity index is 1.57. The van der Waals surface area contributed by atoms with E-state index in [1.54, 1.807) is 26.9 Å². The molecule has 0 aromatic heterocycles. The van der Waals surface area contributed by atoms with E-state index < -0.39 is 29.1 Å². The van der Waals surface area contributed by atoms with Crippen LogP contribution in [0.25, 0.3) is 10.8 Å². The van der Waals surface area contributed by atoms with Crippen LogP contribution >= 0.6 is 0 Å². The molecule has 2 aromatic carbocycles. The second-order valence-electron chi connectivity index (χ2n) is 12.8. The van der Waals surface area contributed by atoms with E-state index >= 15 is 0 Å². The summed E-state index contributed by atoms with van der Waals surface area (Å²) >= 11 is 0. The van der Waals surface area contributed by atoms with Gasteiger partial charge in [0.25, 0.3) is 5.91 Å². The number of likely N-dealkylation sites (tertiary alicyclic amines) is 1. The number of anilines is 1. The van der Waals surface area contributed by atoms with Gasteiger partial charge in [-0.05, 0) is 61.4 Å². The number of ether oxygens (including phenoxy) is 1. The number of benzene rings is 2. The standard InChI is InChI=1S/C37H49N3O5/c1-5-21-38(22-6-2)33(42)30-31-34(43)40(24-13-9-10-14-25-41)32(37(31)20-19-36(30,8-4)45-37)35(44)39(23-7-3)29-18-17-27-15-11-12-16-28(27)26-29/h5,7,11-12,15-18,26,30-32,41H,1,3,6,8-10,13-14,19-25H2,2,4H3/t30-,31-,32?,36+,37?/m0/s1. The summed E-state index contributed by atoms with van der Waals surface area (Å²) in [6.45, 7) is 13.7. The van der Waals surface area contributed by atoms with Gasteiger partial charge in [0.05, 0.1) is 17.4 Å². The molecular weight excluding hydrogens is 566 g/mol. The molecule has 8 heteroatoms. The third kappa shape index (κ3) is 5.72. The third-order valence-corrected chi connectivity index (χ3v) is 10.3. The van der Waals surface area contributed by atoms with Crippen molar-refractivity contribution in [2.75, 3.05) is 37.7 Å². The molecule has 8 nitrogen and oxygen atoms in total. The maximum atomic E-state index is 15.0. The highest BCUT2D eigenvalue weighted by Gasteiger charge is 2.79. The minimum Gasteiger partial charge on any atom is -0.396 e. The van der Waals surface area contributed by atoms with Crippen LogP contribution in [0.3, 0.4) is 0 Å². The highest BCUT2D eigenvalue weighted by Crippen LogP contribution is 2.64. The van der Waals surface area contributed by atoms with Gasteiger partial charge >= 0.3 is 0 Å². The lowest BCUT2D eigenvalue weighted by molar-refractivity contribution is -0.151. The molecule has 45 heavy (non-hydrogen) atoms. The topological polar surface area (TPSA) is 90.4 Å². The number of unbranched alkanes of at least 4 members (excludes halogenated alkanes) is 3. The number of hydrogen-bond donors (Lipinski definition) is 1. The van der Waals surface area contributed by atoms with E-state index in [-0.39, 0.29) is 30.9 Å². The molecule has 0 radical (unpaired) electrons. The molecule has 3 fully saturated rings. The number of carbonyl (C=O) groups excluding carboxylic acids is 3. The zero-order chi connectivity index (χ0) is 32.2. The molecule has 5 atom stereocenters. The fourth-order valence-corrected chi connectivity index (χ4v) is 8.22. The molecule has 2 aromatic rings. The van der Waals surface area contributed by atoms with Gasteiger partial charge in [-0.3, -0.25) is 14.4 Å². The van der Waals surface area contributed by atoms with Crippen molar-refractivity contribution in [2.45, 2.75) is 82.5 Å². The van der Waals surface area contributed by atoms with E-state index in [4.69, 9.17) is 4.74 Å². The summed E-state index contributed by atoms with van der Waals surface area (Å²) in [5.41, 5.74) is -1.14. The van der Waals surface area contributed by atoms with E-state index in [2.05, 4.69) is 13.2 Å². The molecule has 3 saturated heterocycles. The van der Waals surface area contributed by atoms with Crippen molar-refractivity contribution in [2.24, 2.45) is 11.8 Å². The van der Waals surface area contributed by atoms with E-state index in [1.165, 1.54) is 0 Å². The van der Waals surface area contributed by atoms with Crippen LogP contribution in [0.4, 0.5) is 5.69 Å². The number of nitrogens with zero attached hydrogens (tertiary/aromatic N) is 3. The van der Waals surface area contributed by atoms with Crippen LogP contribution in [0.15, 0.2) is 67.8 Å². The average molecular weight is 616 g/mol. The number of hydrogen-bond acceptors (Lipinski definition) is 5. The van der Waals surface area contributed by atoms with Crippen LogP contribution in [-0.4, -0.2) is 82.7 Å². The number of carbonyl (C=O) groups is 3. The fourth-order valence-electron chi connectivity index (χ4n) is 8.22. The lowest BCUT2D eigenvalue weighted by Gasteiger charge is -2.37. The summed E-state index contributed by atoms with van der Waals surface area (Å²) in [5.74, 6) is -1.81. The van der Waals surface area contributed by atoms with Gasteiger partial charge in [0.1, 0.15) is 11.6 Å². The van der Waals surface area contributed by atoms with Crippen molar-refractivity contribution < 1.29 is 24.2 Å². The molecule has 3 amide bonds. The van der Waals surface area contributed by atoms with E-state index in [0.717, 1.165) is 35.7 Å². The normalized spacial score (nSPS) is 26.7. The minimum absolute atomic E-state index is 0.0769. The summed E-state index contributed by atoms with van der Waals surface area (Å²) in [5, 5.41) is 11.4. The molecule has 5 rings (SSSR count). The monoisotopic (exact) mass is 615 g/mol. The van der Waals surface area contributed by atoms with E-state index in [1.807, 2.05) is 56.3 Å². The van der Waals surface area contributed by atoms with Crippen molar-refractivity contribution in [3.05, 3.63) is 67.8 Å². The number of aliphatic hydroxyl groups is 1. The van der Waals surface area contributed by atoms with Gasteiger partial charge in [-0.1, -0.05) is 69.2 Å². The van der Waals surface area contributed by atoms with Crippen LogP contribution < -0.4 is 4.90 Å². The smallest absolute Gasteiger partial charge is 0.253 e. The zero-order valence-electron chi connectivity index (χ0n) is 27.0. The number of fused-ring (bicyclic) bond motifs is 2. The van der Waals surface area contributed by atoms with Gasteiger partial charge in [-0.15, -0.1) is 13.2 Å². The second-order valence-corrected chi connectivity index (χ2v) is 12.8. The van der Waals surface area contributed by atoms with Gasteiger partial charge in [-0.2, -0.15) is 0 Å². The predicted molar refractivity (Wildman–Crippen MR) is 178 cm³/mol. The van der Waals surface area contributed by atoms with Gasteiger partial charge in [0, 0.05) is 38.5 Å². The summed E-state index contributed by atoms with van der Waals surface area (Å²) in [6, 6.07) is 13.1. The van der Waals surface area contributed by atoms with E-state index in [9.17, 15) is 19.5 Å². The average Bonchev–Trinajstić information content (AvgIpc) is 3.66. The van der Waals surface area contributed by atoms with Crippen molar-refractivity contribution >= 4 is 34.2 Å². The van der Waals surface area contributed by atoms with Crippen LogP contribution in [-0.2, 0) is 19.1 Å². The lowest BCUT2D eigenvalue weighted by atomic mass is 9.64. The minimum atomic E-state index is -1.09. The lowest BCUT2D eigenvalue weighted by Crippen LogP contribution is -2.56. The Morgan fingerprint density at radius 1 is 1.00 bits per heavy atom. The molecule has 242 valence electrons. The Labute approximate surface area is 267 Å². The van der Waals surface area contributed by atoms with Gasteiger partial charge in [0.15, 0.2) is 0 Å². The Morgan fingerprint density at radius 3 is 2.42 bits per heavy atom. The summed E-state index contributed by atoms with van der Waals surface area (Å²) in [6.07, 6.45) is 9.07. The molecule has 1 N–H and O–H groups in total. The van der Waals surface area contributed by atoms with Crippen molar-refractivity contribution in [1.29, 1.82) is 0 Å². The van der Waals surface area contributed by atoms with Gasteiger partial charge < -0.3 is 24.5 Å². The maximum Gasteiger partial charge on any atom is 0.253 e. The Bertz CT molecular complexity index is 1430. The van der Waals surface area contributed by atoms with Crippen LogP contribution in [0.2, 0.25) is 0 Å². The first-order valence-electron chi connectivity index (χ1n) is 16.7. The Hall–Kier alpha value is -3.49. The molecular formula is C37H49N3O5. The van der Waals surface area contributed by atoms with Gasteiger partial charge in [0.2, 0.25) is 11.8 Å². The summed E-state index contributed by atoms with van der Waals surface area (Å²) < 4.78 is 7.03. The highest BCUT2D eigenvalue weighted by molar-refractivity contribution is 6.06. The fraction of sp³-hybridized carbons (Fsp3) is 0.541. The van der Waals surface area contributed by atoms with Crippen LogP contribution in [0.5, 0.6) is 0 Å². The Morgan fingerprint density at radius 2 is 1.73 bits per heavy atom. The molecule has 2 unspecified atom stereocenters. The largest absolute Gasteiger partial charge is 0.396 e. The molecule has 3 heterocycles. The van der Waals surface area contributed by atoms with E-state index in [0.29, 0.717) is 51.7 Å².